The number of nitrogens with zero attached hydrogens (tertiary/aromatic N) is 1. The second-order valence-corrected chi connectivity index (χ2v) is 8.83. The first-order valence-electron chi connectivity index (χ1n) is 10.8. The van der Waals surface area contributed by atoms with E-state index in [-0.39, 0.29) is 28.8 Å². The number of hydrogen-bond donors (Lipinski definition) is 1. The third-order valence-electron chi connectivity index (χ3n) is 5.13. The summed E-state index contributed by atoms with van der Waals surface area (Å²) in [6.07, 6.45) is 1.37. The Kier molecular flexibility index (Phi) is 7.76. The number of benzene rings is 3. The highest BCUT2D eigenvalue weighted by Crippen LogP contribution is 2.38. The molecule has 6 nitrogen and oxygen atoms in total. The Balaban J connectivity index is 1.66. The van der Waals surface area contributed by atoms with E-state index in [9.17, 15) is 18.4 Å². The van der Waals surface area contributed by atoms with Gasteiger partial charge in [0, 0.05) is 0 Å². The number of hydrogen-bond acceptors (Lipinski definition) is 5. The monoisotopic (exact) mass is 572 g/mol. The lowest BCUT2D eigenvalue weighted by Crippen LogP contribution is -2.54. The molecule has 4 rings (SSSR count). The molecule has 3 aromatic rings. The first-order chi connectivity index (χ1) is 17.3. The SMILES string of the molecule is CCOc1cc(/C=C2\C(=O)NC(=S)N(c3ccccc3F)C2=O)cc(Br)c1OCc1ccc(F)cc1. The number of para-hydroxylation sites is 1. The maximum absolute atomic E-state index is 14.4. The number of nitrogens with one attached hydrogen (secondary N) is 1. The van der Waals surface area contributed by atoms with Crippen LogP contribution in [-0.4, -0.2) is 23.5 Å². The van der Waals surface area contributed by atoms with Crippen molar-refractivity contribution in [1.82, 2.24) is 5.32 Å². The Bertz CT molecular complexity index is 1380. The van der Waals surface area contributed by atoms with Crippen LogP contribution in [0.3, 0.4) is 0 Å². The Morgan fingerprint density at radius 2 is 1.78 bits per heavy atom. The molecule has 0 unspecified atom stereocenters. The van der Waals surface area contributed by atoms with Gasteiger partial charge in [0.2, 0.25) is 0 Å². The van der Waals surface area contributed by atoms with E-state index >= 15 is 0 Å². The Hall–Kier alpha value is -3.63. The molecule has 1 saturated heterocycles. The molecule has 2 amide bonds. The summed E-state index contributed by atoms with van der Waals surface area (Å²) < 4.78 is 39.7. The van der Waals surface area contributed by atoms with Gasteiger partial charge in [0.05, 0.1) is 16.8 Å². The van der Waals surface area contributed by atoms with Crippen LogP contribution in [-0.2, 0) is 16.2 Å². The molecule has 1 aliphatic rings. The van der Waals surface area contributed by atoms with Gasteiger partial charge in [0.15, 0.2) is 16.6 Å². The third-order valence-corrected chi connectivity index (χ3v) is 6.01. The quantitative estimate of drug-likeness (QED) is 0.229. The van der Waals surface area contributed by atoms with Crippen LogP contribution in [0.15, 0.2) is 70.7 Å². The summed E-state index contributed by atoms with van der Waals surface area (Å²) in [5.74, 6) is -1.71. The van der Waals surface area contributed by atoms with Gasteiger partial charge in [-0.1, -0.05) is 24.3 Å². The summed E-state index contributed by atoms with van der Waals surface area (Å²) in [5.41, 5.74) is 0.908. The summed E-state index contributed by atoms with van der Waals surface area (Å²) in [6.45, 7) is 2.29. The fraction of sp³-hybridized carbons (Fsp3) is 0.115. The molecule has 0 radical (unpaired) electrons. The number of carbonyl (C=O) groups excluding carboxylic acids is 2. The van der Waals surface area contributed by atoms with Gasteiger partial charge in [-0.2, -0.15) is 0 Å². The van der Waals surface area contributed by atoms with E-state index in [1.54, 1.807) is 37.3 Å². The number of thiocarbonyl (C=S) groups is 1. The van der Waals surface area contributed by atoms with Gasteiger partial charge in [-0.3, -0.25) is 14.9 Å². The minimum atomic E-state index is -0.764. The lowest BCUT2D eigenvalue weighted by atomic mass is 10.1. The van der Waals surface area contributed by atoms with E-state index in [0.717, 1.165) is 10.5 Å². The van der Waals surface area contributed by atoms with E-state index in [1.165, 1.54) is 36.4 Å². The number of amides is 2. The van der Waals surface area contributed by atoms with E-state index in [1.807, 2.05) is 0 Å². The molecule has 1 fully saturated rings. The predicted molar refractivity (Wildman–Crippen MR) is 139 cm³/mol. The van der Waals surface area contributed by atoms with Crippen molar-refractivity contribution in [3.8, 4) is 11.5 Å². The third kappa shape index (κ3) is 5.44. The van der Waals surface area contributed by atoms with Crippen molar-refractivity contribution in [2.75, 3.05) is 11.5 Å². The van der Waals surface area contributed by atoms with Gasteiger partial charge in [-0.05, 0) is 88.7 Å². The van der Waals surface area contributed by atoms with Crippen molar-refractivity contribution < 1.29 is 27.8 Å². The van der Waals surface area contributed by atoms with Gasteiger partial charge in [-0.15, -0.1) is 0 Å². The molecule has 1 aliphatic heterocycles. The topological polar surface area (TPSA) is 67.9 Å². The van der Waals surface area contributed by atoms with Crippen LogP contribution in [0.25, 0.3) is 6.08 Å². The van der Waals surface area contributed by atoms with Gasteiger partial charge in [-0.25, -0.2) is 13.7 Å². The van der Waals surface area contributed by atoms with Crippen molar-refractivity contribution in [3.63, 3.8) is 0 Å². The maximum Gasteiger partial charge on any atom is 0.270 e. The molecule has 0 spiro atoms. The van der Waals surface area contributed by atoms with E-state index in [0.29, 0.717) is 28.1 Å². The van der Waals surface area contributed by atoms with Gasteiger partial charge in [0.25, 0.3) is 11.8 Å². The molecular formula is C26H19BrF2N2O4S. The standard InChI is InChI=1S/C26H19BrF2N2O4S/c1-2-34-22-13-16(12-19(27)23(22)35-14-15-7-9-17(28)10-8-15)11-18-24(32)30-26(36)31(25(18)33)21-6-4-3-5-20(21)29/h3-13H,2,14H2,1H3,(H,30,32,36)/b18-11+. The highest BCUT2D eigenvalue weighted by molar-refractivity contribution is 9.10. The smallest absolute Gasteiger partial charge is 0.270 e. The molecule has 1 heterocycles. The molecule has 0 aliphatic carbocycles. The molecule has 184 valence electrons. The van der Waals surface area contributed by atoms with Crippen LogP contribution < -0.4 is 19.7 Å². The fourth-order valence-electron chi connectivity index (χ4n) is 3.49. The minimum Gasteiger partial charge on any atom is -0.490 e. The van der Waals surface area contributed by atoms with Crippen LogP contribution in [0.2, 0.25) is 0 Å². The van der Waals surface area contributed by atoms with E-state index in [2.05, 4.69) is 21.2 Å². The first kappa shape index (κ1) is 25.5. The van der Waals surface area contributed by atoms with Gasteiger partial charge in [0.1, 0.15) is 23.8 Å². The summed E-state index contributed by atoms with van der Waals surface area (Å²) in [6, 6.07) is 14.8. The molecule has 1 N–H and O–H groups in total. The second-order valence-electron chi connectivity index (χ2n) is 7.59. The van der Waals surface area contributed by atoms with Crippen molar-refractivity contribution in [3.05, 3.63) is 93.5 Å². The lowest BCUT2D eigenvalue weighted by Gasteiger charge is -2.29. The zero-order valence-corrected chi connectivity index (χ0v) is 21.3. The van der Waals surface area contributed by atoms with Crippen molar-refractivity contribution in [2.45, 2.75) is 13.5 Å². The highest BCUT2D eigenvalue weighted by atomic mass is 79.9. The maximum atomic E-state index is 14.4. The van der Waals surface area contributed by atoms with Crippen molar-refractivity contribution in [2.24, 2.45) is 0 Å². The van der Waals surface area contributed by atoms with E-state index in [4.69, 9.17) is 21.7 Å². The summed E-state index contributed by atoms with van der Waals surface area (Å²) >= 11 is 8.58. The highest BCUT2D eigenvalue weighted by Gasteiger charge is 2.35. The molecule has 0 saturated carbocycles. The first-order valence-corrected chi connectivity index (χ1v) is 12.0. The summed E-state index contributed by atoms with van der Waals surface area (Å²) in [5, 5.41) is 2.22. The normalized spacial score (nSPS) is 14.7. The Labute approximate surface area is 219 Å². The Morgan fingerprint density at radius 3 is 2.47 bits per heavy atom. The van der Waals surface area contributed by atoms with E-state index < -0.39 is 17.6 Å². The Morgan fingerprint density at radius 1 is 1.06 bits per heavy atom. The number of halogens is 3. The van der Waals surface area contributed by atoms with Crippen molar-refractivity contribution in [1.29, 1.82) is 0 Å². The summed E-state index contributed by atoms with van der Waals surface area (Å²) in [4.78, 5) is 26.8. The van der Waals surface area contributed by atoms with Crippen LogP contribution >= 0.6 is 28.1 Å². The molecular weight excluding hydrogens is 554 g/mol. The molecule has 3 aromatic carbocycles. The summed E-state index contributed by atoms with van der Waals surface area (Å²) in [7, 11) is 0. The molecule has 10 heteroatoms. The fourth-order valence-corrected chi connectivity index (χ4v) is 4.33. The predicted octanol–water partition coefficient (Wildman–Crippen LogP) is 5.54. The largest absolute Gasteiger partial charge is 0.490 e. The van der Waals surface area contributed by atoms with Crippen LogP contribution in [0, 0.1) is 11.6 Å². The number of ether oxygens (including phenoxy) is 2. The average molecular weight is 573 g/mol. The van der Waals surface area contributed by atoms with Gasteiger partial charge >= 0.3 is 0 Å². The zero-order valence-electron chi connectivity index (χ0n) is 18.9. The molecule has 36 heavy (non-hydrogen) atoms. The molecule has 0 aromatic heterocycles. The number of anilines is 1. The van der Waals surface area contributed by atoms with Crippen molar-refractivity contribution >= 4 is 56.8 Å². The van der Waals surface area contributed by atoms with Crippen LogP contribution in [0.5, 0.6) is 11.5 Å². The van der Waals surface area contributed by atoms with Crippen LogP contribution in [0.4, 0.5) is 14.5 Å². The number of carbonyl (C=O) groups is 2. The average Bonchev–Trinajstić information content (AvgIpc) is 2.83. The second kappa shape index (κ2) is 11.0. The molecule has 0 atom stereocenters. The minimum absolute atomic E-state index is 0.0703. The zero-order chi connectivity index (χ0) is 25.8. The lowest BCUT2D eigenvalue weighted by molar-refractivity contribution is -0.122. The van der Waals surface area contributed by atoms with Gasteiger partial charge < -0.3 is 9.47 Å². The number of rotatable bonds is 7. The van der Waals surface area contributed by atoms with Crippen LogP contribution in [0.1, 0.15) is 18.1 Å². The molecule has 0 bridgehead atoms.